The van der Waals surface area contributed by atoms with Gasteiger partial charge in [-0.05, 0) is 12.1 Å². The summed E-state index contributed by atoms with van der Waals surface area (Å²) in [6.07, 6.45) is -0.0825. The second-order valence-corrected chi connectivity index (χ2v) is 2.98. The quantitative estimate of drug-likeness (QED) is 0.844. The average Bonchev–Trinajstić information content (AvgIpc) is 2.23. The van der Waals surface area contributed by atoms with E-state index in [0.717, 1.165) is 6.07 Å². The number of rotatable bonds is 4. The second-order valence-electron chi connectivity index (χ2n) is 2.98. The molecular formula is C11H7F3O4. The minimum Gasteiger partial charge on any atom is -0.480 e. The van der Waals surface area contributed by atoms with Gasteiger partial charge in [0.15, 0.2) is 0 Å². The minimum absolute atomic E-state index is 0.268. The van der Waals surface area contributed by atoms with Crippen molar-refractivity contribution in [2.75, 3.05) is 6.61 Å². The molecule has 1 aromatic rings. The van der Waals surface area contributed by atoms with Gasteiger partial charge in [0.05, 0.1) is 0 Å². The highest BCUT2D eigenvalue weighted by Crippen LogP contribution is 2.32. The van der Waals surface area contributed by atoms with Crippen LogP contribution in [-0.2, 0) is 0 Å². The lowest BCUT2D eigenvalue weighted by molar-refractivity contribution is -0.274. The fourth-order valence-electron chi connectivity index (χ4n) is 1.17. The van der Waals surface area contributed by atoms with Crippen LogP contribution in [0.2, 0.25) is 0 Å². The molecule has 0 atom stereocenters. The van der Waals surface area contributed by atoms with Crippen molar-refractivity contribution in [3.63, 3.8) is 0 Å². The summed E-state index contributed by atoms with van der Waals surface area (Å²) in [5.41, 5.74) is -0.731. The first-order valence-corrected chi connectivity index (χ1v) is 4.53. The maximum atomic E-state index is 12.1. The summed E-state index contributed by atoms with van der Waals surface area (Å²) in [6.45, 7) is -0.268. The highest BCUT2D eigenvalue weighted by atomic mass is 19.4. The van der Waals surface area contributed by atoms with Gasteiger partial charge < -0.3 is 14.6 Å². The Bertz CT molecular complexity index is 488. The normalized spacial score (nSPS) is 10.6. The van der Waals surface area contributed by atoms with E-state index in [1.165, 1.54) is 12.1 Å². The molecule has 0 aliphatic rings. The highest BCUT2D eigenvalue weighted by molar-refractivity contribution is 5.94. The Labute approximate surface area is 99.9 Å². The van der Waals surface area contributed by atoms with Crippen LogP contribution in [0.5, 0.6) is 11.5 Å². The van der Waals surface area contributed by atoms with Crippen LogP contribution in [0.25, 0.3) is 0 Å². The van der Waals surface area contributed by atoms with Crippen molar-refractivity contribution in [3.8, 4) is 23.8 Å². The van der Waals surface area contributed by atoms with Crippen molar-refractivity contribution in [2.24, 2.45) is 0 Å². The Balaban J connectivity index is 3.18. The molecule has 1 rings (SSSR count). The van der Waals surface area contributed by atoms with Crippen LogP contribution in [0, 0.1) is 12.3 Å². The summed E-state index contributed by atoms with van der Waals surface area (Å²) in [5.74, 6) is -0.684. The highest BCUT2D eigenvalue weighted by Gasteiger charge is 2.34. The lowest BCUT2D eigenvalue weighted by atomic mass is 10.2. The first kappa shape index (κ1) is 13.7. The fraction of sp³-hybridized carbons (Fsp3) is 0.182. The number of aromatic carboxylic acids is 1. The van der Waals surface area contributed by atoms with Crippen LogP contribution in [0.3, 0.4) is 0 Å². The SMILES string of the molecule is C#CCOc1cccc(OC(F)(F)F)c1C(=O)O. The smallest absolute Gasteiger partial charge is 0.480 e. The Morgan fingerprint density at radius 2 is 2.00 bits per heavy atom. The molecule has 0 aliphatic carbocycles. The number of hydrogen-bond acceptors (Lipinski definition) is 3. The van der Waals surface area contributed by atoms with E-state index in [1.54, 1.807) is 0 Å². The van der Waals surface area contributed by atoms with Crippen molar-refractivity contribution in [1.29, 1.82) is 0 Å². The Hall–Kier alpha value is -2.36. The Morgan fingerprint density at radius 1 is 1.39 bits per heavy atom. The number of carboxylic acid groups (broad SMARTS) is 1. The minimum atomic E-state index is -4.99. The molecule has 0 bridgehead atoms. The van der Waals surface area contributed by atoms with Gasteiger partial charge >= 0.3 is 12.3 Å². The molecular weight excluding hydrogens is 253 g/mol. The van der Waals surface area contributed by atoms with Crippen molar-refractivity contribution in [1.82, 2.24) is 0 Å². The summed E-state index contributed by atoms with van der Waals surface area (Å²) in [6, 6.07) is 3.23. The zero-order chi connectivity index (χ0) is 13.8. The third-order valence-corrected chi connectivity index (χ3v) is 1.74. The van der Waals surface area contributed by atoms with E-state index in [-0.39, 0.29) is 12.4 Å². The Morgan fingerprint density at radius 3 is 2.50 bits per heavy atom. The van der Waals surface area contributed by atoms with Crippen molar-refractivity contribution >= 4 is 5.97 Å². The number of alkyl halides is 3. The lowest BCUT2D eigenvalue weighted by Crippen LogP contribution is -2.19. The maximum Gasteiger partial charge on any atom is 0.573 e. The largest absolute Gasteiger partial charge is 0.573 e. The van der Waals surface area contributed by atoms with E-state index < -0.39 is 23.6 Å². The van der Waals surface area contributed by atoms with E-state index in [4.69, 9.17) is 16.3 Å². The molecule has 18 heavy (non-hydrogen) atoms. The summed E-state index contributed by atoms with van der Waals surface area (Å²) in [4.78, 5) is 10.9. The summed E-state index contributed by atoms with van der Waals surface area (Å²) >= 11 is 0. The van der Waals surface area contributed by atoms with Gasteiger partial charge in [-0.2, -0.15) is 0 Å². The molecule has 7 heteroatoms. The average molecular weight is 260 g/mol. The fourth-order valence-corrected chi connectivity index (χ4v) is 1.17. The van der Waals surface area contributed by atoms with Gasteiger partial charge in [-0.3, -0.25) is 0 Å². The number of ether oxygens (including phenoxy) is 2. The predicted octanol–water partition coefficient (Wildman–Crippen LogP) is 2.30. The van der Waals surface area contributed by atoms with E-state index in [0.29, 0.717) is 0 Å². The van der Waals surface area contributed by atoms with Crippen molar-refractivity contribution in [2.45, 2.75) is 6.36 Å². The van der Waals surface area contributed by atoms with Crippen LogP contribution < -0.4 is 9.47 Å². The first-order valence-electron chi connectivity index (χ1n) is 4.53. The molecule has 0 spiro atoms. The van der Waals surface area contributed by atoms with E-state index in [9.17, 15) is 18.0 Å². The zero-order valence-corrected chi connectivity index (χ0v) is 8.82. The zero-order valence-electron chi connectivity index (χ0n) is 8.82. The number of carboxylic acids is 1. The van der Waals surface area contributed by atoms with Gasteiger partial charge in [0.2, 0.25) is 0 Å². The molecule has 0 saturated carbocycles. The third-order valence-electron chi connectivity index (χ3n) is 1.74. The third kappa shape index (κ3) is 3.59. The molecule has 1 aromatic carbocycles. The van der Waals surface area contributed by atoms with Gasteiger partial charge in [0.1, 0.15) is 23.7 Å². The first-order chi connectivity index (χ1) is 8.35. The van der Waals surface area contributed by atoms with E-state index >= 15 is 0 Å². The summed E-state index contributed by atoms with van der Waals surface area (Å²) < 4.78 is 44.7. The molecule has 0 fully saturated rings. The lowest BCUT2D eigenvalue weighted by Gasteiger charge is -2.13. The van der Waals surface area contributed by atoms with Gasteiger partial charge in [-0.25, -0.2) is 4.79 Å². The predicted molar refractivity (Wildman–Crippen MR) is 54.4 cm³/mol. The molecule has 96 valence electrons. The van der Waals surface area contributed by atoms with Gasteiger partial charge in [-0.15, -0.1) is 19.6 Å². The molecule has 1 N–H and O–H groups in total. The molecule has 0 aliphatic heterocycles. The standard InChI is InChI=1S/C11H7F3O4/c1-2-6-17-7-4-3-5-8(9(7)10(15)16)18-11(12,13)14/h1,3-5H,6H2,(H,15,16). The van der Waals surface area contributed by atoms with Crippen molar-refractivity contribution < 1.29 is 32.5 Å². The second kappa shape index (κ2) is 5.31. The van der Waals surface area contributed by atoms with Crippen LogP contribution in [-0.4, -0.2) is 24.0 Å². The molecule has 4 nitrogen and oxygen atoms in total. The van der Waals surface area contributed by atoms with Crippen LogP contribution >= 0.6 is 0 Å². The number of halogens is 3. The van der Waals surface area contributed by atoms with Crippen LogP contribution in [0.15, 0.2) is 18.2 Å². The topological polar surface area (TPSA) is 55.8 Å². The molecule has 0 unspecified atom stereocenters. The van der Waals surface area contributed by atoms with E-state index in [1.807, 2.05) is 0 Å². The molecule has 0 saturated heterocycles. The number of hydrogen-bond donors (Lipinski definition) is 1. The number of benzene rings is 1. The molecule has 0 radical (unpaired) electrons. The molecule has 0 heterocycles. The van der Waals surface area contributed by atoms with Gasteiger partial charge in [0, 0.05) is 0 Å². The number of terminal acetylenes is 1. The molecule has 0 aromatic heterocycles. The number of carbonyl (C=O) groups is 1. The van der Waals surface area contributed by atoms with E-state index in [2.05, 4.69) is 10.7 Å². The van der Waals surface area contributed by atoms with Gasteiger partial charge in [-0.1, -0.05) is 12.0 Å². The summed E-state index contributed by atoms with van der Waals surface area (Å²) in [5, 5.41) is 8.86. The monoisotopic (exact) mass is 260 g/mol. The van der Waals surface area contributed by atoms with Crippen molar-refractivity contribution in [3.05, 3.63) is 23.8 Å². The maximum absolute atomic E-state index is 12.1. The Kier molecular flexibility index (Phi) is 4.05. The molecule has 0 amide bonds. The summed E-state index contributed by atoms with van der Waals surface area (Å²) in [7, 11) is 0. The van der Waals surface area contributed by atoms with Crippen LogP contribution in [0.1, 0.15) is 10.4 Å². The van der Waals surface area contributed by atoms with Gasteiger partial charge in [0.25, 0.3) is 0 Å². The van der Waals surface area contributed by atoms with Crippen LogP contribution in [0.4, 0.5) is 13.2 Å².